The summed E-state index contributed by atoms with van der Waals surface area (Å²) in [6.07, 6.45) is -2.47. The van der Waals surface area contributed by atoms with Crippen molar-refractivity contribution in [3.05, 3.63) is 58.1 Å². The number of benzene rings is 2. The topological polar surface area (TPSA) is 95.9 Å². The summed E-state index contributed by atoms with van der Waals surface area (Å²) < 4.78 is 77.3. The SMILES string of the molecule is CC1CCC[C@@H]([C@H](O)C(F)(F)F)C2CCC2CN2C[C@@]3(CCCc4cc(Cl)ccc43)COc3ccc(cc32)C(=O)NS(=O)(=O)C1C. The maximum Gasteiger partial charge on any atom is 0.414 e. The third-order valence-electron chi connectivity index (χ3n) is 11.2. The number of hydrogen-bond acceptors (Lipinski definition) is 6. The van der Waals surface area contributed by atoms with E-state index in [1.807, 2.05) is 18.2 Å². The van der Waals surface area contributed by atoms with E-state index in [1.54, 1.807) is 25.1 Å². The molecule has 46 heavy (non-hydrogen) atoms. The molecule has 7 atom stereocenters. The van der Waals surface area contributed by atoms with E-state index in [1.165, 1.54) is 6.92 Å². The lowest BCUT2D eigenvalue weighted by molar-refractivity contribution is -0.231. The first-order valence-corrected chi connectivity index (χ1v) is 18.2. The second-order valence-electron chi connectivity index (χ2n) is 14.0. The van der Waals surface area contributed by atoms with Crippen LogP contribution in [0.2, 0.25) is 5.02 Å². The molecule has 2 bridgehead atoms. The molecule has 1 fully saturated rings. The Balaban J connectivity index is 1.43. The highest BCUT2D eigenvalue weighted by Gasteiger charge is 2.51. The number of hydrogen-bond donors (Lipinski definition) is 2. The number of carbonyl (C=O) groups excluding carboxylic acids is 1. The molecule has 2 aliphatic heterocycles. The Kier molecular flexibility index (Phi) is 9.08. The first kappa shape index (κ1) is 33.4. The van der Waals surface area contributed by atoms with Crippen LogP contribution >= 0.6 is 11.6 Å². The number of aryl methyl sites for hydroxylation is 1. The number of nitrogens with zero attached hydrogens (tertiary/aromatic N) is 1. The predicted octanol–water partition coefficient (Wildman–Crippen LogP) is 6.65. The second-order valence-corrected chi connectivity index (χ2v) is 16.5. The average molecular weight is 683 g/mol. The van der Waals surface area contributed by atoms with E-state index >= 15 is 0 Å². The summed E-state index contributed by atoms with van der Waals surface area (Å²) in [5, 5.41) is 10.3. The number of nitrogens with one attached hydrogen (secondary N) is 1. The number of anilines is 1. The Bertz CT molecular complexity index is 1590. The molecule has 6 rings (SSSR count). The zero-order valence-electron chi connectivity index (χ0n) is 26.2. The molecular formula is C34H42ClF3N2O5S. The van der Waals surface area contributed by atoms with Crippen LogP contribution in [0.4, 0.5) is 18.9 Å². The smallest absolute Gasteiger partial charge is 0.414 e. The highest BCUT2D eigenvalue weighted by molar-refractivity contribution is 7.90. The number of aliphatic hydroxyl groups excluding tert-OH is 1. The van der Waals surface area contributed by atoms with Gasteiger partial charge in [-0.25, -0.2) is 13.1 Å². The summed E-state index contributed by atoms with van der Waals surface area (Å²) in [4.78, 5) is 15.5. The summed E-state index contributed by atoms with van der Waals surface area (Å²) in [7, 11) is -4.08. The van der Waals surface area contributed by atoms with Crippen molar-refractivity contribution < 1.29 is 36.2 Å². The van der Waals surface area contributed by atoms with Crippen molar-refractivity contribution in [2.24, 2.45) is 23.7 Å². The van der Waals surface area contributed by atoms with E-state index < -0.39 is 50.7 Å². The Morgan fingerprint density at radius 3 is 2.59 bits per heavy atom. The number of alkyl halides is 3. The van der Waals surface area contributed by atoms with Gasteiger partial charge in [0.1, 0.15) is 5.75 Å². The quantitative estimate of drug-likeness (QED) is 0.350. The average Bonchev–Trinajstić information content (AvgIpc) is 3.13. The molecule has 2 N–H and O–H groups in total. The van der Waals surface area contributed by atoms with Gasteiger partial charge in [-0.1, -0.05) is 31.0 Å². The molecule has 12 heteroatoms. The van der Waals surface area contributed by atoms with Crippen LogP contribution in [0.15, 0.2) is 36.4 Å². The van der Waals surface area contributed by atoms with Crippen LogP contribution in [-0.4, -0.2) is 56.7 Å². The number of sulfonamides is 1. The first-order valence-electron chi connectivity index (χ1n) is 16.3. The molecule has 1 saturated carbocycles. The summed E-state index contributed by atoms with van der Waals surface area (Å²) >= 11 is 6.36. The van der Waals surface area contributed by atoms with Crippen LogP contribution in [0.3, 0.4) is 0 Å². The van der Waals surface area contributed by atoms with E-state index in [9.17, 15) is 31.5 Å². The van der Waals surface area contributed by atoms with Crippen molar-refractivity contribution >= 4 is 33.2 Å². The zero-order valence-corrected chi connectivity index (χ0v) is 27.7. The Hall–Kier alpha value is -2.50. The van der Waals surface area contributed by atoms with Gasteiger partial charge in [-0.3, -0.25) is 4.79 Å². The lowest BCUT2D eigenvalue weighted by Crippen LogP contribution is -2.51. The summed E-state index contributed by atoms with van der Waals surface area (Å²) in [5.41, 5.74) is 2.61. The predicted molar refractivity (Wildman–Crippen MR) is 171 cm³/mol. The third-order valence-corrected chi connectivity index (χ3v) is 13.4. The van der Waals surface area contributed by atoms with Crippen LogP contribution in [0.25, 0.3) is 0 Å². The molecule has 7 nitrogen and oxygen atoms in total. The van der Waals surface area contributed by atoms with Crippen molar-refractivity contribution in [1.82, 2.24) is 4.72 Å². The Morgan fingerprint density at radius 2 is 1.87 bits per heavy atom. The van der Waals surface area contributed by atoms with E-state index in [4.69, 9.17) is 16.3 Å². The Labute approximate surface area is 273 Å². The number of rotatable bonds is 1. The van der Waals surface area contributed by atoms with Crippen molar-refractivity contribution in [2.75, 3.05) is 24.6 Å². The van der Waals surface area contributed by atoms with E-state index in [0.29, 0.717) is 55.4 Å². The normalized spacial score (nSPS) is 32.2. The summed E-state index contributed by atoms with van der Waals surface area (Å²) in [6, 6.07) is 10.8. The van der Waals surface area contributed by atoms with Crippen molar-refractivity contribution in [1.29, 1.82) is 0 Å². The Morgan fingerprint density at radius 1 is 1.09 bits per heavy atom. The molecule has 4 aliphatic rings. The molecule has 1 spiro atoms. The highest BCUT2D eigenvalue weighted by atomic mass is 35.5. The van der Waals surface area contributed by atoms with Gasteiger partial charge in [-0.05, 0) is 117 Å². The van der Waals surface area contributed by atoms with Crippen LogP contribution in [0, 0.1) is 23.7 Å². The first-order chi connectivity index (χ1) is 21.7. The molecule has 2 aromatic carbocycles. The monoisotopic (exact) mass is 682 g/mol. The van der Waals surface area contributed by atoms with Gasteiger partial charge in [0.15, 0.2) is 6.10 Å². The number of carbonyl (C=O) groups is 1. The highest BCUT2D eigenvalue weighted by Crippen LogP contribution is 2.49. The van der Waals surface area contributed by atoms with Crippen molar-refractivity contribution in [3.63, 3.8) is 0 Å². The van der Waals surface area contributed by atoms with E-state index in [-0.39, 0.29) is 23.8 Å². The van der Waals surface area contributed by atoms with Gasteiger partial charge in [0.05, 0.1) is 17.5 Å². The minimum atomic E-state index is -4.76. The molecule has 0 radical (unpaired) electrons. The van der Waals surface area contributed by atoms with Gasteiger partial charge >= 0.3 is 6.18 Å². The summed E-state index contributed by atoms with van der Waals surface area (Å²) in [6.45, 7) is 4.52. The van der Waals surface area contributed by atoms with Gasteiger partial charge < -0.3 is 14.7 Å². The molecule has 2 aromatic rings. The fourth-order valence-corrected chi connectivity index (χ4v) is 9.77. The van der Waals surface area contributed by atoms with Crippen molar-refractivity contribution in [2.45, 2.75) is 88.2 Å². The van der Waals surface area contributed by atoms with Crippen molar-refractivity contribution in [3.8, 4) is 5.75 Å². The third kappa shape index (κ3) is 6.35. The number of amides is 1. The van der Waals surface area contributed by atoms with Crippen LogP contribution < -0.4 is 14.4 Å². The van der Waals surface area contributed by atoms with E-state index in [2.05, 4.69) is 9.62 Å². The molecule has 0 saturated heterocycles. The minimum Gasteiger partial charge on any atom is -0.490 e. The molecule has 1 amide bonds. The van der Waals surface area contributed by atoms with E-state index in [0.717, 1.165) is 36.8 Å². The number of halogens is 4. The standard InChI is InChI=1S/C34H42ClF3N2O5S/c1-20-5-3-7-27(31(41)34(36,37)38)26-11-8-24(26)17-40-18-33(14-4-6-22-15-25(35)10-12-28(22)33)19-45-30-13-9-23(16-29(30)40)32(42)39-46(43,44)21(20)2/h9-10,12-13,15-16,20-21,24,26-27,31,41H,3-8,11,14,17-19H2,1-2H3,(H,39,42)/t20?,21?,24?,26?,27-,31+,33+/m1/s1. The number of aliphatic hydroxyl groups is 1. The van der Waals surface area contributed by atoms with Crippen LogP contribution in [0.5, 0.6) is 5.75 Å². The molecule has 2 aliphatic carbocycles. The lowest BCUT2D eigenvalue weighted by Gasteiger charge is -2.48. The molecule has 2 heterocycles. The maximum absolute atomic E-state index is 14.0. The number of ether oxygens (including phenoxy) is 1. The van der Waals surface area contributed by atoms with Crippen LogP contribution in [0.1, 0.15) is 80.3 Å². The molecule has 0 aromatic heterocycles. The fraction of sp³-hybridized carbons (Fsp3) is 0.618. The van der Waals surface area contributed by atoms with Gasteiger partial charge in [-0.2, -0.15) is 13.2 Å². The molecule has 252 valence electrons. The van der Waals surface area contributed by atoms with Gasteiger partial charge in [0, 0.05) is 29.1 Å². The molecular weight excluding hydrogens is 641 g/mol. The lowest BCUT2D eigenvalue weighted by atomic mass is 9.63. The largest absolute Gasteiger partial charge is 0.490 e. The maximum atomic E-state index is 14.0. The van der Waals surface area contributed by atoms with Gasteiger partial charge in [-0.15, -0.1) is 0 Å². The number of fused-ring (bicyclic) bond motifs is 4. The summed E-state index contributed by atoms with van der Waals surface area (Å²) in [5.74, 6) is -2.08. The second kappa shape index (κ2) is 12.5. The van der Waals surface area contributed by atoms with Gasteiger partial charge in [0.2, 0.25) is 10.0 Å². The molecule has 4 unspecified atom stereocenters. The van der Waals surface area contributed by atoms with Gasteiger partial charge in [0.25, 0.3) is 5.91 Å². The minimum absolute atomic E-state index is 0.111. The van der Waals surface area contributed by atoms with Crippen LogP contribution in [-0.2, 0) is 21.9 Å². The zero-order chi connectivity index (χ0) is 33.0. The fourth-order valence-electron chi connectivity index (χ4n) is 8.27.